The maximum atomic E-state index is 11.6. The molecule has 2 aromatic rings. The van der Waals surface area contributed by atoms with Crippen LogP contribution in [0.25, 0.3) is 11.3 Å². The normalized spacial score (nSPS) is 10.3. The Morgan fingerprint density at radius 1 is 1.41 bits per heavy atom. The molecule has 0 amide bonds. The molecule has 6 nitrogen and oxygen atoms in total. The highest BCUT2D eigenvalue weighted by molar-refractivity contribution is 5.94. The fourth-order valence-corrected chi connectivity index (χ4v) is 1.57. The van der Waals surface area contributed by atoms with Crippen molar-refractivity contribution in [1.82, 2.24) is 19.7 Å². The van der Waals surface area contributed by atoms with Gasteiger partial charge in [0, 0.05) is 12.7 Å². The molecule has 0 bridgehead atoms. The van der Waals surface area contributed by atoms with Crippen LogP contribution >= 0.6 is 0 Å². The molecule has 0 aliphatic heterocycles. The molecule has 2 rings (SSSR count). The average molecular weight is 232 g/mol. The van der Waals surface area contributed by atoms with Crippen LogP contribution in [0.2, 0.25) is 0 Å². The fourth-order valence-electron chi connectivity index (χ4n) is 1.57. The SMILES string of the molecule is COC(=O)c1c(-c2cc(C)ncn2)cnn1C. The highest BCUT2D eigenvalue weighted by atomic mass is 16.5. The number of carbonyl (C=O) groups excluding carboxylic acids is 1. The number of aryl methyl sites for hydroxylation is 2. The molecular formula is C11H12N4O2. The lowest BCUT2D eigenvalue weighted by molar-refractivity contribution is 0.0589. The zero-order valence-electron chi connectivity index (χ0n) is 9.84. The molecule has 0 spiro atoms. The first-order valence-electron chi connectivity index (χ1n) is 5.03. The minimum atomic E-state index is -0.434. The lowest BCUT2D eigenvalue weighted by Gasteiger charge is -2.03. The number of hydrogen-bond donors (Lipinski definition) is 0. The molecule has 0 N–H and O–H groups in total. The lowest BCUT2D eigenvalue weighted by Crippen LogP contribution is -2.10. The summed E-state index contributed by atoms with van der Waals surface area (Å²) in [6, 6.07) is 1.80. The Kier molecular flexibility index (Phi) is 2.86. The van der Waals surface area contributed by atoms with Gasteiger partial charge in [-0.25, -0.2) is 14.8 Å². The standard InChI is InChI=1S/C11H12N4O2/c1-7-4-9(13-6-12-7)8-5-14-15(2)10(8)11(16)17-3/h4-6H,1-3H3. The Hall–Kier alpha value is -2.24. The predicted molar refractivity (Wildman–Crippen MR) is 60.3 cm³/mol. The van der Waals surface area contributed by atoms with Gasteiger partial charge in [-0.2, -0.15) is 5.10 Å². The van der Waals surface area contributed by atoms with Crippen LogP contribution in [0, 0.1) is 6.92 Å². The maximum absolute atomic E-state index is 11.6. The van der Waals surface area contributed by atoms with Gasteiger partial charge in [0.25, 0.3) is 0 Å². The molecule has 6 heteroatoms. The quantitative estimate of drug-likeness (QED) is 0.721. The van der Waals surface area contributed by atoms with Crippen molar-refractivity contribution in [1.29, 1.82) is 0 Å². The number of carbonyl (C=O) groups is 1. The summed E-state index contributed by atoms with van der Waals surface area (Å²) in [5.41, 5.74) is 2.51. The molecule has 0 unspecified atom stereocenters. The summed E-state index contributed by atoms with van der Waals surface area (Å²) in [6.07, 6.45) is 3.05. The molecular weight excluding hydrogens is 220 g/mol. The Morgan fingerprint density at radius 3 is 2.82 bits per heavy atom. The third kappa shape index (κ3) is 2.01. The molecule has 17 heavy (non-hydrogen) atoms. The summed E-state index contributed by atoms with van der Waals surface area (Å²) >= 11 is 0. The lowest BCUT2D eigenvalue weighted by atomic mass is 10.1. The zero-order chi connectivity index (χ0) is 12.4. The first-order valence-corrected chi connectivity index (χ1v) is 5.03. The second kappa shape index (κ2) is 4.32. The van der Waals surface area contributed by atoms with Gasteiger partial charge in [-0.1, -0.05) is 0 Å². The molecule has 0 aromatic carbocycles. The molecule has 88 valence electrons. The molecule has 0 aliphatic rings. The summed E-state index contributed by atoms with van der Waals surface area (Å²) in [5.74, 6) is -0.434. The van der Waals surface area contributed by atoms with E-state index in [4.69, 9.17) is 4.74 Å². The van der Waals surface area contributed by atoms with Gasteiger partial charge in [0.05, 0.1) is 24.6 Å². The fraction of sp³-hybridized carbons (Fsp3) is 0.273. The molecule has 0 saturated heterocycles. The zero-order valence-corrected chi connectivity index (χ0v) is 9.84. The first-order chi connectivity index (χ1) is 8.13. The van der Waals surface area contributed by atoms with Crippen LogP contribution in [0.1, 0.15) is 16.2 Å². The Morgan fingerprint density at radius 2 is 2.18 bits per heavy atom. The van der Waals surface area contributed by atoms with E-state index in [1.165, 1.54) is 18.1 Å². The van der Waals surface area contributed by atoms with E-state index >= 15 is 0 Å². The minimum absolute atomic E-state index is 0.380. The summed E-state index contributed by atoms with van der Waals surface area (Å²) in [4.78, 5) is 19.8. The van der Waals surface area contributed by atoms with E-state index < -0.39 is 5.97 Å². The van der Waals surface area contributed by atoms with Crippen molar-refractivity contribution in [3.63, 3.8) is 0 Å². The third-order valence-electron chi connectivity index (χ3n) is 2.40. The molecule has 0 atom stereocenters. The van der Waals surface area contributed by atoms with Gasteiger partial charge in [0.15, 0.2) is 5.69 Å². The molecule has 0 aliphatic carbocycles. The van der Waals surface area contributed by atoms with Crippen molar-refractivity contribution in [2.75, 3.05) is 7.11 Å². The van der Waals surface area contributed by atoms with Gasteiger partial charge in [-0.3, -0.25) is 4.68 Å². The van der Waals surface area contributed by atoms with Crippen LogP contribution in [0.4, 0.5) is 0 Å². The van der Waals surface area contributed by atoms with Crippen LogP contribution < -0.4 is 0 Å². The van der Waals surface area contributed by atoms with Gasteiger partial charge in [-0.15, -0.1) is 0 Å². The van der Waals surface area contributed by atoms with Crippen molar-refractivity contribution in [3.8, 4) is 11.3 Å². The highest BCUT2D eigenvalue weighted by Crippen LogP contribution is 2.21. The molecule has 0 radical (unpaired) electrons. The number of esters is 1. The monoisotopic (exact) mass is 232 g/mol. The predicted octanol–water partition coefficient (Wildman–Crippen LogP) is 0.972. The number of aromatic nitrogens is 4. The Bertz CT molecular complexity index is 562. The van der Waals surface area contributed by atoms with Crippen LogP contribution in [0.5, 0.6) is 0 Å². The maximum Gasteiger partial charge on any atom is 0.357 e. The Balaban J connectivity index is 2.57. The number of ether oxygens (including phenoxy) is 1. The second-order valence-electron chi connectivity index (χ2n) is 3.57. The van der Waals surface area contributed by atoms with Gasteiger partial charge in [0.1, 0.15) is 6.33 Å². The van der Waals surface area contributed by atoms with Crippen molar-refractivity contribution < 1.29 is 9.53 Å². The van der Waals surface area contributed by atoms with E-state index in [0.29, 0.717) is 17.0 Å². The van der Waals surface area contributed by atoms with Gasteiger partial charge in [0.2, 0.25) is 0 Å². The van der Waals surface area contributed by atoms with Crippen molar-refractivity contribution in [2.24, 2.45) is 7.05 Å². The van der Waals surface area contributed by atoms with E-state index in [1.807, 2.05) is 6.92 Å². The Labute approximate surface area is 98.3 Å². The highest BCUT2D eigenvalue weighted by Gasteiger charge is 2.19. The van der Waals surface area contributed by atoms with Crippen LogP contribution in [-0.4, -0.2) is 32.8 Å². The third-order valence-corrected chi connectivity index (χ3v) is 2.40. The van der Waals surface area contributed by atoms with E-state index in [-0.39, 0.29) is 0 Å². The van der Waals surface area contributed by atoms with Crippen molar-refractivity contribution >= 4 is 5.97 Å². The summed E-state index contributed by atoms with van der Waals surface area (Å²) in [5, 5.41) is 4.05. The second-order valence-corrected chi connectivity index (χ2v) is 3.57. The van der Waals surface area contributed by atoms with Crippen LogP contribution in [0.15, 0.2) is 18.6 Å². The van der Waals surface area contributed by atoms with E-state index in [9.17, 15) is 4.79 Å². The number of rotatable bonds is 2. The summed E-state index contributed by atoms with van der Waals surface area (Å²) < 4.78 is 6.20. The molecule has 2 heterocycles. The van der Waals surface area contributed by atoms with Gasteiger partial charge >= 0.3 is 5.97 Å². The first kappa shape index (κ1) is 11.3. The van der Waals surface area contributed by atoms with Crippen molar-refractivity contribution in [3.05, 3.63) is 30.0 Å². The number of hydrogen-bond acceptors (Lipinski definition) is 5. The largest absolute Gasteiger partial charge is 0.464 e. The van der Waals surface area contributed by atoms with E-state index in [0.717, 1.165) is 5.69 Å². The minimum Gasteiger partial charge on any atom is -0.464 e. The molecule has 0 fully saturated rings. The van der Waals surface area contributed by atoms with E-state index in [1.54, 1.807) is 19.3 Å². The smallest absolute Gasteiger partial charge is 0.357 e. The van der Waals surface area contributed by atoms with Crippen LogP contribution in [-0.2, 0) is 11.8 Å². The summed E-state index contributed by atoms with van der Waals surface area (Å²) in [7, 11) is 3.02. The van der Waals surface area contributed by atoms with Gasteiger partial charge < -0.3 is 4.74 Å². The summed E-state index contributed by atoms with van der Waals surface area (Å²) in [6.45, 7) is 1.86. The average Bonchev–Trinajstić information content (AvgIpc) is 2.70. The molecule has 0 saturated carbocycles. The number of methoxy groups -OCH3 is 1. The van der Waals surface area contributed by atoms with Crippen LogP contribution in [0.3, 0.4) is 0 Å². The number of nitrogens with zero attached hydrogens (tertiary/aromatic N) is 4. The van der Waals surface area contributed by atoms with Crippen molar-refractivity contribution in [2.45, 2.75) is 6.92 Å². The molecule has 2 aromatic heterocycles. The van der Waals surface area contributed by atoms with Gasteiger partial charge in [-0.05, 0) is 13.0 Å². The topological polar surface area (TPSA) is 69.9 Å². The van der Waals surface area contributed by atoms with E-state index in [2.05, 4.69) is 15.1 Å².